The maximum Gasteiger partial charge on any atom is 0.405 e. The van der Waals surface area contributed by atoms with E-state index >= 15 is 0 Å². The minimum absolute atomic E-state index is 0.238. The number of thioether (sulfide) groups is 1. The summed E-state index contributed by atoms with van der Waals surface area (Å²) in [5.41, 5.74) is 1.13. The number of amides is 1. The van der Waals surface area contributed by atoms with Gasteiger partial charge in [-0.2, -0.15) is 13.2 Å². The van der Waals surface area contributed by atoms with Gasteiger partial charge in [0.2, 0.25) is 5.91 Å². The van der Waals surface area contributed by atoms with E-state index < -0.39 is 29.7 Å². The Morgan fingerprint density at radius 3 is 2.43 bits per heavy atom. The molecule has 2 aromatic carbocycles. The molecule has 158 valence electrons. The van der Waals surface area contributed by atoms with Gasteiger partial charge in [-0.05, 0) is 24.6 Å². The normalized spacial score (nSPS) is 12.6. The van der Waals surface area contributed by atoms with E-state index in [1.807, 2.05) is 35.6 Å². The number of carbonyl (C=O) groups excluding carboxylic acids is 1. The number of halogens is 4. The molecule has 1 amide bonds. The summed E-state index contributed by atoms with van der Waals surface area (Å²) in [4.78, 5) is 12.0. The maximum absolute atomic E-state index is 14.3. The van der Waals surface area contributed by atoms with Gasteiger partial charge in [0.25, 0.3) is 0 Å². The second-order valence-corrected chi connectivity index (χ2v) is 7.76. The van der Waals surface area contributed by atoms with E-state index in [2.05, 4.69) is 10.2 Å². The monoisotopic (exact) mass is 438 g/mol. The highest BCUT2D eigenvalue weighted by Crippen LogP contribution is 2.29. The summed E-state index contributed by atoms with van der Waals surface area (Å²) in [5, 5.41) is 9.44. The van der Waals surface area contributed by atoms with Gasteiger partial charge in [-0.15, -0.1) is 10.2 Å². The Kier molecular flexibility index (Phi) is 6.76. The zero-order valence-corrected chi connectivity index (χ0v) is 16.7. The van der Waals surface area contributed by atoms with Gasteiger partial charge < -0.3 is 5.32 Å². The molecule has 0 saturated heterocycles. The maximum atomic E-state index is 14.3. The van der Waals surface area contributed by atoms with Crippen molar-refractivity contribution in [2.24, 2.45) is 0 Å². The minimum Gasteiger partial charge on any atom is -0.346 e. The topological polar surface area (TPSA) is 59.8 Å². The van der Waals surface area contributed by atoms with Gasteiger partial charge in [0.15, 0.2) is 11.0 Å². The fourth-order valence-corrected chi connectivity index (χ4v) is 3.54. The largest absolute Gasteiger partial charge is 0.405 e. The van der Waals surface area contributed by atoms with Gasteiger partial charge in [0, 0.05) is 0 Å². The molecule has 0 bridgehead atoms. The molecule has 10 heteroatoms. The number of aromatic nitrogens is 3. The fraction of sp³-hybridized carbons (Fsp3) is 0.250. The van der Waals surface area contributed by atoms with Crippen LogP contribution in [0.25, 0.3) is 11.4 Å². The quantitative estimate of drug-likeness (QED) is 0.442. The predicted octanol–water partition coefficient (Wildman–Crippen LogP) is 4.29. The molecule has 0 fully saturated rings. The van der Waals surface area contributed by atoms with E-state index in [-0.39, 0.29) is 11.4 Å². The van der Waals surface area contributed by atoms with E-state index in [0.29, 0.717) is 11.7 Å². The van der Waals surface area contributed by atoms with Crippen LogP contribution in [0.5, 0.6) is 0 Å². The second kappa shape index (κ2) is 9.29. The van der Waals surface area contributed by atoms with Crippen LogP contribution in [0.4, 0.5) is 17.6 Å². The average Bonchev–Trinajstić information content (AvgIpc) is 3.08. The Labute approximate surface area is 174 Å². The number of benzene rings is 2. The lowest BCUT2D eigenvalue weighted by atomic mass is 10.2. The number of hydrogen-bond donors (Lipinski definition) is 1. The van der Waals surface area contributed by atoms with Crippen molar-refractivity contribution < 1.29 is 22.4 Å². The van der Waals surface area contributed by atoms with Crippen LogP contribution in [0.1, 0.15) is 12.5 Å². The van der Waals surface area contributed by atoms with Crippen molar-refractivity contribution in [3.05, 3.63) is 66.0 Å². The third-order valence-corrected chi connectivity index (χ3v) is 5.21. The molecule has 0 aliphatic carbocycles. The number of hydrogen-bond acceptors (Lipinski definition) is 4. The van der Waals surface area contributed by atoms with Crippen LogP contribution in [-0.2, 0) is 11.3 Å². The van der Waals surface area contributed by atoms with E-state index in [9.17, 15) is 22.4 Å². The van der Waals surface area contributed by atoms with Crippen molar-refractivity contribution in [3.63, 3.8) is 0 Å². The first-order valence-electron chi connectivity index (χ1n) is 8.98. The van der Waals surface area contributed by atoms with Crippen LogP contribution >= 0.6 is 11.8 Å². The van der Waals surface area contributed by atoms with Crippen LogP contribution in [0, 0.1) is 5.82 Å². The molecule has 30 heavy (non-hydrogen) atoms. The van der Waals surface area contributed by atoms with Gasteiger partial charge in [0.05, 0.1) is 17.4 Å². The molecular formula is C20H18F4N4OS. The summed E-state index contributed by atoms with van der Waals surface area (Å²) in [6.07, 6.45) is -4.49. The summed E-state index contributed by atoms with van der Waals surface area (Å²) >= 11 is 0.957. The van der Waals surface area contributed by atoms with E-state index in [4.69, 9.17) is 0 Å². The Hall–Kier alpha value is -2.88. The van der Waals surface area contributed by atoms with Gasteiger partial charge in [-0.25, -0.2) is 4.39 Å². The number of rotatable bonds is 7. The highest BCUT2D eigenvalue weighted by Gasteiger charge is 2.29. The molecule has 0 spiro atoms. The van der Waals surface area contributed by atoms with Gasteiger partial charge in [-0.3, -0.25) is 9.36 Å². The first-order chi connectivity index (χ1) is 14.2. The lowest BCUT2D eigenvalue weighted by Gasteiger charge is -2.15. The third-order valence-electron chi connectivity index (χ3n) is 4.13. The summed E-state index contributed by atoms with van der Waals surface area (Å²) < 4.78 is 53.1. The van der Waals surface area contributed by atoms with Crippen molar-refractivity contribution in [1.82, 2.24) is 20.1 Å². The highest BCUT2D eigenvalue weighted by atomic mass is 32.2. The van der Waals surface area contributed by atoms with Gasteiger partial charge in [0.1, 0.15) is 12.4 Å². The van der Waals surface area contributed by atoms with Gasteiger partial charge in [-0.1, -0.05) is 54.2 Å². The Bertz CT molecular complexity index is 1010. The number of nitrogens with one attached hydrogen (secondary N) is 1. The molecule has 0 aliphatic heterocycles. The average molecular weight is 438 g/mol. The first-order valence-corrected chi connectivity index (χ1v) is 9.85. The van der Waals surface area contributed by atoms with Crippen molar-refractivity contribution in [2.45, 2.75) is 30.1 Å². The molecule has 3 rings (SSSR count). The van der Waals surface area contributed by atoms with Crippen molar-refractivity contribution in [2.75, 3.05) is 6.54 Å². The van der Waals surface area contributed by atoms with E-state index in [1.54, 1.807) is 22.8 Å². The third kappa shape index (κ3) is 5.59. The Morgan fingerprint density at radius 2 is 1.77 bits per heavy atom. The number of carbonyl (C=O) groups is 1. The second-order valence-electron chi connectivity index (χ2n) is 6.45. The lowest BCUT2D eigenvalue weighted by molar-refractivity contribution is -0.137. The summed E-state index contributed by atoms with van der Waals surface area (Å²) in [7, 11) is 0. The molecule has 1 aromatic heterocycles. The van der Waals surface area contributed by atoms with Crippen LogP contribution in [0.3, 0.4) is 0 Å². The van der Waals surface area contributed by atoms with Crippen LogP contribution in [-0.4, -0.2) is 38.6 Å². The van der Waals surface area contributed by atoms with Crippen LogP contribution in [0.15, 0.2) is 59.8 Å². The molecule has 5 nitrogen and oxygen atoms in total. The SMILES string of the molecule is CC(Sc1nnc(-c2ccccc2F)n1Cc1ccccc1)C(=O)NCC(F)(F)F. The molecular weight excluding hydrogens is 420 g/mol. The standard InChI is InChI=1S/C20H18F4N4OS/c1-13(18(29)25-12-20(22,23)24)30-19-27-26-17(15-9-5-6-10-16(15)21)28(19)11-14-7-3-2-4-8-14/h2-10,13H,11-12H2,1H3,(H,25,29). The van der Waals surface area contributed by atoms with Gasteiger partial charge >= 0.3 is 6.18 Å². The number of nitrogens with zero attached hydrogens (tertiary/aromatic N) is 3. The molecule has 1 unspecified atom stereocenters. The number of alkyl halides is 3. The molecule has 0 aliphatic rings. The van der Waals surface area contributed by atoms with Crippen molar-refractivity contribution in [1.29, 1.82) is 0 Å². The highest BCUT2D eigenvalue weighted by molar-refractivity contribution is 8.00. The molecule has 3 aromatic rings. The molecule has 1 heterocycles. The zero-order chi connectivity index (χ0) is 21.7. The van der Waals surface area contributed by atoms with Crippen LogP contribution in [0.2, 0.25) is 0 Å². The summed E-state index contributed by atoms with van der Waals surface area (Å²) in [6.45, 7) is 0.366. The summed E-state index contributed by atoms with van der Waals surface area (Å²) in [5.74, 6) is -0.992. The Morgan fingerprint density at radius 1 is 1.10 bits per heavy atom. The predicted molar refractivity (Wildman–Crippen MR) is 105 cm³/mol. The van der Waals surface area contributed by atoms with E-state index in [0.717, 1.165) is 17.3 Å². The Balaban J connectivity index is 1.89. The minimum atomic E-state index is -4.49. The summed E-state index contributed by atoms with van der Waals surface area (Å²) in [6, 6.07) is 15.4. The van der Waals surface area contributed by atoms with Crippen molar-refractivity contribution >= 4 is 17.7 Å². The smallest absolute Gasteiger partial charge is 0.346 e. The molecule has 1 N–H and O–H groups in total. The molecule has 0 saturated carbocycles. The zero-order valence-electron chi connectivity index (χ0n) is 15.9. The molecule has 1 atom stereocenters. The van der Waals surface area contributed by atoms with E-state index in [1.165, 1.54) is 13.0 Å². The van der Waals surface area contributed by atoms with Crippen LogP contribution < -0.4 is 5.32 Å². The molecule has 0 radical (unpaired) electrons. The fourth-order valence-electron chi connectivity index (χ4n) is 2.67. The lowest BCUT2D eigenvalue weighted by Crippen LogP contribution is -2.38. The first kappa shape index (κ1) is 21.8. The van der Waals surface area contributed by atoms with Crippen molar-refractivity contribution in [3.8, 4) is 11.4 Å².